The van der Waals surface area contributed by atoms with Crippen LogP contribution in [0.4, 0.5) is 5.95 Å². The summed E-state index contributed by atoms with van der Waals surface area (Å²) in [6.45, 7) is 26.3. The zero-order valence-corrected chi connectivity index (χ0v) is 20.1. The molecule has 1 atom stereocenters. The minimum atomic E-state index is -0.140. The lowest BCUT2D eigenvalue weighted by molar-refractivity contribution is 0.184. The highest BCUT2D eigenvalue weighted by molar-refractivity contribution is 6.74. The summed E-state index contributed by atoms with van der Waals surface area (Å²) >= 11 is 0. The highest BCUT2D eigenvalue weighted by atomic mass is 15.7. The Kier molecular flexibility index (Phi) is 10.6. The molecule has 0 bridgehead atoms. The second-order valence-electron chi connectivity index (χ2n) is 7.50. The third-order valence-corrected chi connectivity index (χ3v) is 4.96. The highest BCUT2D eigenvalue weighted by Crippen LogP contribution is 2.41. The van der Waals surface area contributed by atoms with E-state index in [1.54, 1.807) is 0 Å². The summed E-state index contributed by atoms with van der Waals surface area (Å²) < 4.78 is 4.46. The Hall–Kier alpha value is -1.08. The first-order valence-corrected chi connectivity index (χ1v) is 10.8. The molecule has 1 fully saturated rings. The van der Waals surface area contributed by atoms with Crippen molar-refractivity contribution in [2.75, 3.05) is 11.9 Å². The van der Waals surface area contributed by atoms with Gasteiger partial charge in [-0.05, 0) is 37.4 Å². The number of anilines is 1. The van der Waals surface area contributed by atoms with Gasteiger partial charge in [0.2, 0.25) is 5.95 Å². The highest BCUT2D eigenvalue weighted by Gasteiger charge is 2.58. The third-order valence-electron chi connectivity index (χ3n) is 4.96. The number of rotatable bonds is 1. The van der Waals surface area contributed by atoms with Gasteiger partial charge < -0.3 is 14.3 Å². The van der Waals surface area contributed by atoms with E-state index < -0.39 is 0 Å². The Balaban J connectivity index is 0.000000860. The second kappa shape index (κ2) is 11.1. The number of tetrazole rings is 1. The summed E-state index contributed by atoms with van der Waals surface area (Å²) in [5.74, 6) is 0.872. The summed E-state index contributed by atoms with van der Waals surface area (Å²) in [6, 6.07) is 0.469. The average molecular weight is 379 g/mol. The maximum atomic E-state index is 4.25. The molecule has 2 aliphatic rings. The minimum Gasteiger partial charge on any atom is -0.353 e. The molecule has 0 aliphatic carbocycles. The predicted molar refractivity (Wildman–Crippen MR) is 120 cm³/mol. The summed E-state index contributed by atoms with van der Waals surface area (Å²) in [7, 11) is 2.19. The van der Waals surface area contributed by atoms with E-state index in [4.69, 9.17) is 0 Å². The molecular formula is C18H43B2N7. The standard InChI is InChI=1S/C11H23B2N7.C3H8.2C2H6/c1-8(2)20-12(5)17(7)9-11(3,4)19-10(14-15-16-19)18(9)13(20)6;1-3-2;2*1-2/h8-9H,1-7H3;3H2,1-2H3;2*1-2H3. The fourth-order valence-corrected chi connectivity index (χ4v) is 4.07. The summed E-state index contributed by atoms with van der Waals surface area (Å²) in [5.41, 5.74) is -0.140. The van der Waals surface area contributed by atoms with Crippen molar-refractivity contribution in [2.24, 2.45) is 0 Å². The van der Waals surface area contributed by atoms with Gasteiger partial charge >= 0.3 is 6.98 Å². The van der Waals surface area contributed by atoms with E-state index in [9.17, 15) is 0 Å². The van der Waals surface area contributed by atoms with Crippen molar-refractivity contribution in [2.45, 2.75) is 107 Å². The Labute approximate surface area is 169 Å². The quantitative estimate of drug-likeness (QED) is 0.690. The van der Waals surface area contributed by atoms with Gasteiger partial charge in [0, 0.05) is 0 Å². The van der Waals surface area contributed by atoms with Crippen molar-refractivity contribution < 1.29 is 0 Å². The molecule has 27 heavy (non-hydrogen) atoms. The van der Waals surface area contributed by atoms with E-state index in [2.05, 4.69) is 92.1 Å². The number of likely N-dealkylation sites (N-methyl/N-ethyl adjacent to an activating group) is 1. The van der Waals surface area contributed by atoms with Crippen molar-refractivity contribution in [1.82, 2.24) is 29.7 Å². The number of aromatic nitrogens is 4. The second-order valence-corrected chi connectivity index (χ2v) is 7.50. The molecular weight excluding hydrogens is 336 g/mol. The number of hydrogen-bond donors (Lipinski definition) is 0. The Bertz CT molecular complexity index is 536. The van der Waals surface area contributed by atoms with E-state index in [0.29, 0.717) is 13.0 Å². The molecule has 0 amide bonds. The van der Waals surface area contributed by atoms with Gasteiger partial charge in [-0.1, -0.05) is 80.6 Å². The van der Waals surface area contributed by atoms with Gasteiger partial charge in [0.05, 0.1) is 11.7 Å². The maximum absolute atomic E-state index is 4.25. The van der Waals surface area contributed by atoms with Crippen LogP contribution >= 0.6 is 0 Å². The molecule has 1 aromatic heterocycles. The van der Waals surface area contributed by atoms with Crippen LogP contribution in [0.3, 0.4) is 0 Å². The fraction of sp³-hybridized carbons (Fsp3) is 0.944. The average Bonchev–Trinajstić information content (AvgIpc) is 3.19. The SMILES string of the molecule is CB1N(C)C2N(B(C)N1C(C)C)c1nnnn1C2(C)C.CC.CC.CCC. The summed E-state index contributed by atoms with van der Waals surface area (Å²) in [6.07, 6.45) is 1.50. The topological polar surface area (TPSA) is 53.3 Å². The summed E-state index contributed by atoms with van der Waals surface area (Å²) in [4.78, 5) is 4.76. The molecule has 0 aromatic carbocycles. The largest absolute Gasteiger partial charge is 0.353 e. The van der Waals surface area contributed by atoms with Gasteiger partial charge in [-0.25, -0.2) is 4.68 Å². The van der Waals surface area contributed by atoms with Gasteiger partial charge in [-0.3, -0.25) is 0 Å². The first kappa shape index (κ1) is 25.9. The molecule has 1 aromatic rings. The van der Waals surface area contributed by atoms with Crippen LogP contribution in [0.1, 0.15) is 75.7 Å². The van der Waals surface area contributed by atoms with Crippen molar-refractivity contribution in [3.8, 4) is 0 Å². The van der Waals surface area contributed by atoms with Crippen LogP contribution in [0.15, 0.2) is 0 Å². The van der Waals surface area contributed by atoms with Crippen molar-refractivity contribution >= 4 is 19.9 Å². The van der Waals surface area contributed by atoms with Gasteiger partial charge in [0.15, 0.2) is 0 Å². The summed E-state index contributed by atoms with van der Waals surface area (Å²) in [5, 5.41) is 12.3. The normalized spacial score (nSPS) is 20.7. The van der Waals surface area contributed by atoms with Gasteiger partial charge in [-0.2, -0.15) is 0 Å². The van der Waals surface area contributed by atoms with Crippen molar-refractivity contribution in [3.05, 3.63) is 0 Å². The lowest BCUT2D eigenvalue weighted by atomic mass is 9.55. The number of fused-ring (bicyclic) bond motifs is 3. The molecule has 7 nitrogen and oxygen atoms in total. The molecule has 156 valence electrons. The van der Waals surface area contributed by atoms with Crippen LogP contribution in [0, 0.1) is 0 Å². The zero-order valence-electron chi connectivity index (χ0n) is 20.1. The number of hydrogen-bond acceptors (Lipinski definition) is 6. The number of nitrogens with zero attached hydrogens (tertiary/aromatic N) is 7. The minimum absolute atomic E-state index is 0.140. The van der Waals surface area contributed by atoms with Crippen LogP contribution < -0.4 is 4.81 Å². The fourth-order valence-electron chi connectivity index (χ4n) is 4.07. The Morgan fingerprint density at radius 2 is 1.52 bits per heavy atom. The lowest BCUT2D eigenvalue weighted by Crippen LogP contribution is -2.76. The molecule has 1 unspecified atom stereocenters. The van der Waals surface area contributed by atoms with Gasteiger partial charge in [0.1, 0.15) is 0 Å². The van der Waals surface area contributed by atoms with E-state index in [-0.39, 0.29) is 18.7 Å². The van der Waals surface area contributed by atoms with E-state index in [1.165, 1.54) is 6.42 Å². The van der Waals surface area contributed by atoms with Gasteiger partial charge in [0.25, 0.3) is 6.98 Å². The van der Waals surface area contributed by atoms with E-state index >= 15 is 0 Å². The molecule has 0 radical (unpaired) electrons. The zero-order chi connectivity index (χ0) is 21.5. The van der Waals surface area contributed by atoms with Crippen molar-refractivity contribution in [1.29, 1.82) is 0 Å². The first-order valence-electron chi connectivity index (χ1n) is 10.8. The maximum Gasteiger partial charge on any atom is 0.333 e. The van der Waals surface area contributed by atoms with Crippen molar-refractivity contribution in [3.63, 3.8) is 0 Å². The van der Waals surface area contributed by atoms with Crippen LogP contribution in [0.5, 0.6) is 0 Å². The van der Waals surface area contributed by atoms with Crippen LogP contribution in [0.25, 0.3) is 0 Å². The smallest absolute Gasteiger partial charge is 0.333 e. The van der Waals surface area contributed by atoms with Gasteiger partial charge in [-0.15, -0.1) is 0 Å². The molecule has 0 saturated carbocycles. The molecule has 3 heterocycles. The lowest BCUT2D eigenvalue weighted by Gasteiger charge is -2.54. The third kappa shape index (κ3) is 4.67. The van der Waals surface area contributed by atoms with Crippen LogP contribution in [0.2, 0.25) is 13.6 Å². The van der Waals surface area contributed by atoms with E-state index in [1.807, 2.05) is 32.4 Å². The predicted octanol–water partition coefficient (Wildman–Crippen LogP) is 3.91. The molecule has 2 aliphatic heterocycles. The molecule has 9 heteroatoms. The van der Waals surface area contributed by atoms with Crippen LogP contribution in [-0.4, -0.2) is 63.0 Å². The van der Waals surface area contributed by atoms with E-state index in [0.717, 1.165) is 5.95 Å². The Morgan fingerprint density at radius 1 is 1.04 bits per heavy atom. The first-order chi connectivity index (χ1) is 12.7. The molecule has 0 spiro atoms. The van der Waals surface area contributed by atoms with Crippen LogP contribution in [-0.2, 0) is 5.54 Å². The molecule has 3 rings (SSSR count). The molecule has 0 N–H and O–H groups in total. The monoisotopic (exact) mass is 379 g/mol. The Morgan fingerprint density at radius 3 is 1.96 bits per heavy atom. The molecule has 1 saturated heterocycles.